The monoisotopic (exact) mass is 204 g/mol. The highest BCUT2D eigenvalue weighted by molar-refractivity contribution is 7.93. The molecule has 0 aromatic heterocycles. The van der Waals surface area contributed by atoms with Crippen LogP contribution in [0.5, 0.6) is 0 Å². The fourth-order valence-electron chi connectivity index (χ4n) is 1.67. The van der Waals surface area contributed by atoms with Crippen LogP contribution in [0, 0.1) is 0 Å². The molecule has 13 heavy (non-hydrogen) atoms. The van der Waals surface area contributed by atoms with Crippen molar-refractivity contribution in [1.29, 1.82) is 0 Å². The highest BCUT2D eigenvalue weighted by Crippen LogP contribution is 2.18. The van der Waals surface area contributed by atoms with E-state index in [0.717, 1.165) is 17.9 Å². The molecule has 0 spiro atoms. The van der Waals surface area contributed by atoms with Gasteiger partial charge in [-0.3, -0.25) is 0 Å². The Morgan fingerprint density at radius 3 is 2.46 bits per heavy atom. The number of rotatable bonds is 2. The lowest BCUT2D eigenvalue weighted by Crippen LogP contribution is -2.28. The normalized spacial score (nSPS) is 34.5. The van der Waals surface area contributed by atoms with Crippen molar-refractivity contribution in [3.05, 3.63) is 0 Å². The van der Waals surface area contributed by atoms with Crippen LogP contribution in [0.1, 0.15) is 20.3 Å². The molecule has 1 heterocycles. The zero-order valence-electron chi connectivity index (χ0n) is 8.99. The Morgan fingerprint density at radius 1 is 1.46 bits per heavy atom. The molecule has 4 heteroatoms. The largest absolute Gasteiger partial charge is 0.305 e. The molecule has 0 saturated carbocycles. The lowest BCUT2D eigenvalue weighted by Gasteiger charge is -2.16. The molecule has 1 unspecified atom stereocenters. The summed E-state index contributed by atoms with van der Waals surface area (Å²) in [7, 11) is 2.23. The van der Waals surface area contributed by atoms with E-state index >= 15 is 0 Å². The van der Waals surface area contributed by atoms with Crippen molar-refractivity contribution in [1.82, 2.24) is 4.90 Å². The summed E-state index contributed by atoms with van der Waals surface area (Å²) in [6.07, 6.45) is 1.03. The van der Waals surface area contributed by atoms with E-state index in [4.69, 9.17) is 0 Å². The first kappa shape index (κ1) is 11.0. The summed E-state index contributed by atoms with van der Waals surface area (Å²) in [5, 5.41) is 0. The van der Waals surface area contributed by atoms with Crippen LogP contribution in [0.3, 0.4) is 0 Å². The van der Waals surface area contributed by atoms with Gasteiger partial charge in [-0.2, -0.15) is 0 Å². The van der Waals surface area contributed by atoms with Gasteiger partial charge in [0.15, 0.2) is 0 Å². The first-order chi connectivity index (χ1) is 5.93. The topological polar surface area (TPSA) is 32.7 Å². The smallest absolute Gasteiger partial charge is 0.0537 e. The van der Waals surface area contributed by atoms with Gasteiger partial charge in [0, 0.05) is 27.3 Å². The molecule has 0 amide bonds. The molecule has 0 bridgehead atoms. The first-order valence-corrected chi connectivity index (χ1v) is 6.66. The van der Waals surface area contributed by atoms with Crippen LogP contribution in [-0.2, 0) is 9.73 Å². The Morgan fingerprint density at radius 2 is 2.08 bits per heavy atom. The average molecular weight is 204 g/mol. The second-order valence-corrected chi connectivity index (χ2v) is 6.75. The van der Waals surface area contributed by atoms with Crippen molar-refractivity contribution in [2.45, 2.75) is 32.4 Å². The molecule has 3 nitrogen and oxygen atoms in total. The molecule has 2 atom stereocenters. The molecule has 0 aliphatic carbocycles. The molecule has 1 aliphatic heterocycles. The van der Waals surface area contributed by atoms with Gasteiger partial charge in [-0.15, -0.1) is 0 Å². The van der Waals surface area contributed by atoms with E-state index in [1.807, 2.05) is 27.9 Å². The van der Waals surface area contributed by atoms with E-state index in [-0.39, 0.29) is 6.04 Å². The predicted molar refractivity (Wildman–Crippen MR) is 57.5 cm³/mol. The average Bonchev–Trinajstić information content (AvgIpc) is 2.29. The van der Waals surface area contributed by atoms with Gasteiger partial charge in [0.05, 0.1) is 6.04 Å². The van der Waals surface area contributed by atoms with E-state index in [0.29, 0.717) is 6.04 Å². The summed E-state index contributed by atoms with van der Waals surface area (Å²) in [4.78, 5) is 2.16. The van der Waals surface area contributed by atoms with E-state index in [9.17, 15) is 4.21 Å². The lowest BCUT2D eigenvalue weighted by atomic mass is 10.2. The van der Waals surface area contributed by atoms with E-state index in [1.165, 1.54) is 0 Å². The van der Waals surface area contributed by atoms with Crippen molar-refractivity contribution < 1.29 is 4.21 Å². The van der Waals surface area contributed by atoms with Crippen LogP contribution in [0.15, 0.2) is 4.36 Å². The SMILES string of the molecule is CC(C)N=S1(=O)CC[C@H](N(C)C)C1. The van der Waals surface area contributed by atoms with Crippen LogP contribution < -0.4 is 0 Å². The second-order valence-electron chi connectivity index (χ2n) is 4.25. The molecular formula is C9H20N2OS. The Balaban J connectivity index is 2.73. The minimum atomic E-state index is -1.86. The van der Waals surface area contributed by atoms with Crippen LogP contribution in [-0.4, -0.2) is 46.8 Å². The van der Waals surface area contributed by atoms with Crippen LogP contribution in [0.25, 0.3) is 0 Å². The zero-order chi connectivity index (χ0) is 10.1. The highest BCUT2D eigenvalue weighted by Gasteiger charge is 2.27. The number of hydrogen-bond donors (Lipinski definition) is 0. The van der Waals surface area contributed by atoms with Crippen molar-refractivity contribution in [2.24, 2.45) is 4.36 Å². The van der Waals surface area contributed by atoms with Gasteiger partial charge >= 0.3 is 0 Å². The van der Waals surface area contributed by atoms with Gasteiger partial charge in [0.1, 0.15) is 0 Å². The third-order valence-corrected chi connectivity index (χ3v) is 4.94. The predicted octanol–water partition coefficient (Wildman–Crippen LogP) is 1.20. The fraction of sp³-hybridized carbons (Fsp3) is 1.00. The van der Waals surface area contributed by atoms with E-state index in [2.05, 4.69) is 9.26 Å². The van der Waals surface area contributed by atoms with Crippen LogP contribution >= 0.6 is 0 Å². The minimum absolute atomic E-state index is 0.202. The Kier molecular flexibility index (Phi) is 3.35. The second kappa shape index (κ2) is 3.96. The van der Waals surface area contributed by atoms with E-state index < -0.39 is 9.73 Å². The van der Waals surface area contributed by atoms with Gasteiger partial charge in [0.2, 0.25) is 0 Å². The molecule has 1 aliphatic rings. The molecule has 1 rings (SSSR count). The summed E-state index contributed by atoms with van der Waals surface area (Å²) < 4.78 is 16.5. The van der Waals surface area contributed by atoms with Gasteiger partial charge in [-0.05, 0) is 34.4 Å². The number of nitrogens with zero attached hydrogens (tertiary/aromatic N) is 2. The van der Waals surface area contributed by atoms with Gasteiger partial charge in [-0.1, -0.05) is 0 Å². The highest BCUT2D eigenvalue weighted by atomic mass is 32.2. The molecule has 78 valence electrons. The molecule has 0 aromatic carbocycles. The maximum absolute atomic E-state index is 12.1. The Labute approximate surface area is 81.7 Å². The fourth-order valence-corrected chi connectivity index (χ4v) is 4.51. The van der Waals surface area contributed by atoms with Crippen LogP contribution in [0.4, 0.5) is 0 Å². The van der Waals surface area contributed by atoms with Crippen molar-refractivity contribution in [3.63, 3.8) is 0 Å². The maximum Gasteiger partial charge on any atom is 0.0537 e. The quantitative estimate of drug-likeness (QED) is 0.677. The summed E-state index contributed by atoms with van der Waals surface area (Å²) in [5.74, 6) is 1.55. The van der Waals surface area contributed by atoms with Gasteiger partial charge < -0.3 is 4.90 Å². The molecule has 0 aromatic rings. The number of hydrogen-bond acceptors (Lipinski definition) is 3. The molecule has 1 fully saturated rings. The first-order valence-electron chi connectivity index (χ1n) is 4.81. The van der Waals surface area contributed by atoms with Gasteiger partial charge in [0.25, 0.3) is 0 Å². The summed E-state index contributed by atoms with van der Waals surface area (Å²) in [6, 6.07) is 0.670. The molecule has 0 radical (unpaired) electrons. The third-order valence-electron chi connectivity index (χ3n) is 2.36. The lowest BCUT2D eigenvalue weighted by molar-refractivity contribution is 0.320. The zero-order valence-corrected chi connectivity index (χ0v) is 9.80. The molecule has 0 N–H and O–H groups in total. The third kappa shape index (κ3) is 2.95. The van der Waals surface area contributed by atoms with Crippen molar-refractivity contribution in [3.8, 4) is 0 Å². The minimum Gasteiger partial charge on any atom is -0.305 e. The van der Waals surface area contributed by atoms with Gasteiger partial charge in [-0.25, -0.2) is 8.57 Å². The van der Waals surface area contributed by atoms with Crippen LogP contribution in [0.2, 0.25) is 0 Å². The van der Waals surface area contributed by atoms with E-state index in [1.54, 1.807) is 0 Å². The van der Waals surface area contributed by atoms with Crippen molar-refractivity contribution >= 4 is 9.73 Å². The van der Waals surface area contributed by atoms with Crippen molar-refractivity contribution in [2.75, 3.05) is 25.6 Å². The molecular weight excluding hydrogens is 184 g/mol. The summed E-state index contributed by atoms with van der Waals surface area (Å²) in [5.41, 5.74) is 0. The Hall–Kier alpha value is -0.0900. The summed E-state index contributed by atoms with van der Waals surface area (Å²) in [6.45, 7) is 3.99. The maximum atomic E-state index is 12.1. The summed E-state index contributed by atoms with van der Waals surface area (Å²) >= 11 is 0. The molecule has 1 saturated heterocycles. The standard InChI is InChI=1S/C9H20N2OS/c1-8(2)10-13(12)6-5-9(7-13)11(3)4/h8-9H,5-7H2,1-4H3/t9-,13?/m0/s1. The Bertz CT molecular complexity index is 277.